The van der Waals surface area contributed by atoms with Gasteiger partial charge in [0.2, 0.25) is 0 Å². The van der Waals surface area contributed by atoms with Crippen LogP contribution in [0, 0.1) is 5.92 Å². The lowest BCUT2D eigenvalue weighted by molar-refractivity contribution is -0.157. The third-order valence-electron chi connectivity index (χ3n) is 6.23. The molecule has 1 saturated carbocycles. The van der Waals surface area contributed by atoms with Gasteiger partial charge in [0.05, 0.1) is 18.8 Å². The summed E-state index contributed by atoms with van der Waals surface area (Å²) in [6.07, 6.45) is 4.15. The molecular formula is C29H37FO6. The Balaban J connectivity index is 1.37. The highest BCUT2D eigenvalue weighted by atomic mass is 19.1. The molecule has 0 saturated heterocycles. The van der Waals surface area contributed by atoms with Gasteiger partial charge in [0, 0.05) is 0 Å². The van der Waals surface area contributed by atoms with Crippen molar-refractivity contribution in [2.24, 2.45) is 5.92 Å². The highest BCUT2D eigenvalue weighted by Crippen LogP contribution is 2.28. The molecule has 7 heteroatoms. The molecular weight excluding hydrogens is 463 g/mol. The monoisotopic (exact) mass is 500 g/mol. The average Bonchev–Trinajstić information content (AvgIpc) is 2.91. The summed E-state index contributed by atoms with van der Waals surface area (Å²) in [5.41, 5.74) is 0.448. The van der Waals surface area contributed by atoms with Gasteiger partial charge in [-0.1, -0.05) is 26.7 Å². The van der Waals surface area contributed by atoms with Crippen LogP contribution < -0.4 is 14.2 Å². The molecule has 3 rings (SSSR count). The maximum absolute atomic E-state index is 13.8. The van der Waals surface area contributed by atoms with E-state index in [0.717, 1.165) is 44.3 Å². The Morgan fingerprint density at radius 3 is 2.11 bits per heavy atom. The number of hydrogen-bond donors (Lipinski definition) is 0. The molecule has 0 bridgehead atoms. The SMILES string of the molecule is CCCC[C@H](F)C(=O)OC1CCC(COc2ccc(OC(=O)c3ccc(OCCC)cc3)cc2)CC1. The van der Waals surface area contributed by atoms with Gasteiger partial charge in [-0.25, -0.2) is 14.0 Å². The van der Waals surface area contributed by atoms with Crippen LogP contribution in [0.3, 0.4) is 0 Å². The first kappa shape index (κ1) is 27.5. The van der Waals surface area contributed by atoms with E-state index in [1.54, 1.807) is 48.5 Å². The molecule has 2 aromatic carbocycles. The molecule has 0 N–H and O–H groups in total. The lowest BCUT2D eigenvalue weighted by Gasteiger charge is -2.28. The molecule has 2 aromatic rings. The van der Waals surface area contributed by atoms with E-state index in [-0.39, 0.29) is 12.5 Å². The second-order valence-corrected chi connectivity index (χ2v) is 9.23. The topological polar surface area (TPSA) is 71.1 Å². The van der Waals surface area contributed by atoms with Crippen molar-refractivity contribution in [2.75, 3.05) is 13.2 Å². The van der Waals surface area contributed by atoms with Crippen LogP contribution in [0.4, 0.5) is 4.39 Å². The summed E-state index contributed by atoms with van der Waals surface area (Å²) >= 11 is 0. The van der Waals surface area contributed by atoms with Crippen LogP contribution in [0.5, 0.6) is 17.2 Å². The summed E-state index contributed by atoms with van der Waals surface area (Å²) in [6, 6.07) is 13.8. The molecule has 0 heterocycles. The van der Waals surface area contributed by atoms with Gasteiger partial charge >= 0.3 is 11.9 Å². The number of hydrogen-bond acceptors (Lipinski definition) is 6. The van der Waals surface area contributed by atoms with E-state index in [0.29, 0.717) is 42.6 Å². The molecule has 1 aliphatic carbocycles. The number of halogens is 1. The van der Waals surface area contributed by atoms with Crippen LogP contribution in [0.2, 0.25) is 0 Å². The van der Waals surface area contributed by atoms with Gasteiger partial charge in [0.1, 0.15) is 23.4 Å². The van der Waals surface area contributed by atoms with Gasteiger partial charge < -0.3 is 18.9 Å². The maximum Gasteiger partial charge on any atom is 0.343 e. The van der Waals surface area contributed by atoms with Gasteiger partial charge in [-0.2, -0.15) is 0 Å². The Morgan fingerprint density at radius 1 is 0.861 bits per heavy atom. The van der Waals surface area contributed by atoms with Crippen molar-refractivity contribution in [1.82, 2.24) is 0 Å². The Labute approximate surface area is 213 Å². The summed E-state index contributed by atoms with van der Waals surface area (Å²) < 4.78 is 36.1. The first-order valence-corrected chi connectivity index (χ1v) is 13.0. The van der Waals surface area contributed by atoms with Crippen molar-refractivity contribution < 1.29 is 32.9 Å². The molecule has 0 spiro atoms. The standard InChI is InChI=1S/C29H37FO6/c1-3-5-6-27(30)29(32)36-25-11-7-21(8-12-25)20-34-24-15-17-26(18-16-24)35-28(31)22-9-13-23(14-10-22)33-19-4-2/h9-10,13-18,21,25,27H,3-8,11-12,19-20H2,1-2H3/t21?,25?,27-/m0/s1. The number of carbonyl (C=O) groups excluding carboxylic acids is 2. The number of unbranched alkanes of at least 4 members (excludes halogenated alkanes) is 1. The van der Waals surface area contributed by atoms with E-state index in [4.69, 9.17) is 18.9 Å². The van der Waals surface area contributed by atoms with E-state index in [1.807, 2.05) is 13.8 Å². The maximum atomic E-state index is 13.8. The predicted octanol–water partition coefficient (Wildman–Crippen LogP) is 6.70. The zero-order chi connectivity index (χ0) is 25.8. The van der Waals surface area contributed by atoms with E-state index >= 15 is 0 Å². The van der Waals surface area contributed by atoms with Crippen molar-refractivity contribution in [2.45, 2.75) is 77.5 Å². The molecule has 36 heavy (non-hydrogen) atoms. The number of rotatable bonds is 13. The van der Waals surface area contributed by atoms with Gasteiger partial charge in [0.25, 0.3) is 0 Å². The zero-order valence-corrected chi connectivity index (χ0v) is 21.2. The lowest BCUT2D eigenvalue weighted by atomic mass is 9.88. The number of carbonyl (C=O) groups is 2. The fourth-order valence-corrected chi connectivity index (χ4v) is 4.05. The minimum Gasteiger partial charge on any atom is -0.494 e. The molecule has 196 valence electrons. The summed E-state index contributed by atoms with van der Waals surface area (Å²) in [5, 5.41) is 0. The first-order valence-electron chi connectivity index (χ1n) is 13.0. The Morgan fingerprint density at radius 2 is 1.47 bits per heavy atom. The van der Waals surface area contributed by atoms with E-state index in [9.17, 15) is 14.0 Å². The second kappa shape index (κ2) is 14.5. The third kappa shape index (κ3) is 8.85. The first-order chi connectivity index (χ1) is 17.5. The van der Waals surface area contributed by atoms with Gasteiger partial charge in [-0.15, -0.1) is 0 Å². The third-order valence-corrected chi connectivity index (χ3v) is 6.23. The van der Waals surface area contributed by atoms with Crippen LogP contribution in [0.1, 0.15) is 75.6 Å². The second-order valence-electron chi connectivity index (χ2n) is 9.23. The Kier molecular flexibility index (Phi) is 11.0. The number of alkyl halides is 1. The molecule has 0 radical (unpaired) electrons. The van der Waals surface area contributed by atoms with Crippen LogP contribution in [0.15, 0.2) is 48.5 Å². The molecule has 1 fully saturated rings. The largest absolute Gasteiger partial charge is 0.494 e. The quantitative estimate of drug-likeness (QED) is 0.225. The van der Waals surface area contributed by atoms with Crippen LogP contribution in [0.25, 0.3) is 0 Å². The Hall–Kier alpha value is -3.09. The molecule has 0 aliphatic heterocycles. The molecule has 1 atom stereocenters. The summed E-state index contributed by atoms with van der Waals surface area (Å²) in [7, 11) is 0. The minimum atomic E-state index is -1.51. The van der Waals surface area contributed by atoms with E-state index in [1.165, 1.54) is 0 Å². The van der Waals surface area contributed by atoms with E-state index in [2.05, 4.69) is 0 Å². The molecule has 0 unspecified atom stereocenters. The van der Waals surface area contributed by atoms with Crippen molar-refractivity contribution in [1.29, 1.82) is 0 Å². The molecule has 6 nitrogen and oxygen atoms in total. The van der Waals surface area contributed by atoms with Gasteiger partial charge in [0.15, 0.2) is 6.17 Å². The van der Waals surface area contributed by atoms with Gasteiger partial charge in [-0.3, -0.25) is 0 Å². The fourth-order valence-electron chi connectivity index (χ4n) is 4.05. The number of benzene rings is 2. The Bertz CT molecular complexity index is 935. The fraction of sp³-hybridized carbons (Fsp3) is 0.517. The summed E-state index contributed by atoms with van der Waals surface area (Å²) in [4.78, 5) is 24.3. The average molecular weight is 501 g/mol. The summed E-state index contributed by atoms with van der Waals surface area (Å²) in [6.45, 7) is 5.19. The van der Waals surface area contributed by atoms with Crippen LogP contribution >= 0.6 is 0 Å². The normalized spacial score (nSPS) is 18.2. The smallest absolute Gasteiger partial charge is 0.343 e. The highest BCUT2D eigenvalue weighted by molar-refractivity contribution is 5.91. The van der Waals surface area contributed by atoms with E-state index < -0.39 is 18.1 Å². The highest BCUT2D eigenvalue weighted by Gasteiger charge is 2.27. The van der Waals surface area contributed by atoms with Crippen LogP contribution in [-0.4, -0.2) is 37.4 Å². The molecule has 0 aromatic heterocycles. The minimum absolute atomic E-state index is 0.206. The number of esters is 2. The van der Waals surface area contributed by atoms with Crippen molar-refractivity contribution >= 4 is 11.9 Å². The zero-order valence-electron chi connectivity index (χ0n) is 21.2. The predicted molar refractivity (Wildman–Crippen MR) is 135 cm³/mol. The summed E-state index contributed by atoms with van der Waals surface area (Å²) in [5.74, 6) is 1.04. The van der Waals surface area contributed by atoms with Crippen LogP contribution in [-0.2, 0) is 9.53 Å². The van der Waals surface area contributed by atoms with Crippen molar-refractivity contribution in [3.8, 4) is 17.2 Å². The number of ether oxygens (including phenoxy) is 4. The molecule has 1 aliphatic rings. The van der Waals surface area contributed by atoms with Crippen molar-refractivity contribution in [3.05, 3.63) is 54.1 Å². The van der Waals surface area contributed by atoms with Crippen molar-refractivity contribution in [3.63, 3.8) is 0 Å². The molecule has 0 amide bonds. The lowest BCUT2D eigenvalue weighted by Crippen LogP contribution is -2.30. The van der Waals surface area contributed by atoms with Gasteiger partial charge in [-0.05, 0) is 93.0 Å².